The lowest BCUT2D eigenvalue weighted by Gasteiger charge is -2.29. The Hall–Kier alpha value is -1.51. The quantitative estimate of drug-likeness (QED) is 0.865. The molecule has 0 aromatic heterocycles. The van der Waals surface area contributed by atoms with Crippen molar-refractivity contribution < 1.29 is 4.74 Å². The monoisotopic (exact) mass is 303 g/mol. The molecule has 0 aliphatic carbocycles. The van der Waals surface area contributed by atoms with Crippen molar-refractivity contribution in [3.8, 4) is 5.75 Å². The number of benzene rings is 2. The van der Waals surface area contributed by atoms with E-state index in [1.54, 1.807) is 0 Å². The third-order valence-corrected chi connectivity index (χ3v) is 3.84. The van der Waals surface area contributed by atoms with Crippen molar-refractivity contribution in [2.45, 2.75) is 32.9 Å². The van der Waals surface area contributed by atoms with Crippen LogP contribution in [0.1, 0.15) is 31.0 Å². The maximum Gasteiger partial charge on any atom is 0.124 e. The fraction of sp³-hybridized carbons (Fsp3) is 0.333. The minimum absolute atomic E-state index is 0.107. The number of hydrogen-bond acceptors (Lipinski definition) is 2. The van der Waals surface area contributed by atoms with Gasteiger partial charge in [-0.2, -0.15) is 0 Å². The molecule has 2 unspecified atom stereocenters. The van der Waals surface area contributed by atoms with E-state index in [4.69, 9.17) is 22.1 Å². The summed E-state index contributed by atoms with van der Waals surface area (Å²) in [6.07, 6.45) is -0.107. The second-order valence-corrected chi connectivity index (χ2v) is 6.11. The summed E-state index contributed by atoms with van der Waals surface area (Å²) in [5.74, 6) is 1.09. The smallest absolute Gasteiger partial charge is 0.124 e. The van der Waals surface area contributed by atoms with Crippen LogP contribution in [0.3, 0.4) is 0 Å². The Morgan fingerprint density at radius 2 is 1.71 bits per heavy atom. The summed E-state index contributed by atoms with van der Waals surface area (Å²) < 4.78 is 6.19. The van der Waals surface area contributed by atoms with Crippen LogP contribution in [0.15, 0.2) is 48.5 Å². The first-order valence-corrected chi connectivity index (χ1v) is 7.60. The Labute approximate surface area is 131 Å². The van der Waals surface area contributed by atoms with Gasteiger partial charge in [0.05, 0.1) is 6.04 Å². The lowest BCUT2D eigenvalue weighted by Crippen LogP contribution is -2.36. The zero-order valence-electron chi connectivity index (χ0n) is 12.7. The van der Waals surface area contributed by atoms with E-state index in [0.29, 0.717) is 10.9 Å². The van der Waals surface area contributed by atoms with E-state index < -0.39 is 0 Å². The minimum atomic E-state index is -0.176. The van der Waals surface area contributed by atoms with Crippen LogP contribution in [-0.4, -0.2) is 6.10 Å². The van der Waals surface area contributed by atoms with Crippen LogP contribution >= 0.6 is 11.6 Å². The van der Waals surface area contributed by atoms with Gasteiger partial charge < -0.3 is 10.5 Å². The van der Waals surface area contributed by atoms with Gasteiger partial charge in [-0.25, -0.2) is 0 Å². The molecule has 112 valence electrons. The number of nitrogens with two attached hydrogens (primary N) is 1. The van der Waals surface area contributed by atoms with Gasteiger partial charge in [-0.1, -0.05) is 61.8 Å². The van der Waals surface area contributed by atoms with Crippen molar-refractivity contribution in [3.63, 3.8) is 0 Å². The van der Waals surface area contributed by atoms with E-state index in [-0.39, 0.29) is 12.1 Å². The van der Waals surface area contributed by atoms with E-state index in [2.05, 4.69) is 13.8 Å². The Bertz CT molecular complexity index is 583. The van der Waals surface area contributed by atoms with Gasteiger partial charge in [-0.05, 0) is 36.1 Å². The summed E-state index contributed by atoms with van der Waals surface area (Å²) in [7, 11) is 0. The lowest BCUT2D eigenvalue weighted by atomic mass is 9.94. The standard InChI is InChI=1S/C18H22ClNO/c1-12(2)18(17(20)14-7-5-4-6-8-14)21-16-11-15(19)10-9-13(16)3/h4-12,17-18H,20H2,1-3H3. The highest BCUT2D eigenvalue weighted by Crippen LogP contribution is 2.29. The highest BCUT2D eigenvalue weighted by molar-refractivity contribution is 6.30. The number of hydrogen-bond donors (Lipinski definition) is 1. The van der Waals surface area contributed by atoms with Gasteiger partial charge in [0.1, 0.15) is 11.9 Å². The predicted octanol–water partition coefficient (Wildman–Crippen LogP) is 4.75. The Morgan fingerprint density at radius 3 is 2.33 bits per heavy atom. The number of ether oxygens (including phenoxy) is 1. The SMILES string of the molecule is Cc1ccc(Cl)cc1OC(C(C)C)C(N)c1ccccc1. The maximum atomic E-state index is 6.42. The van der Waals surface area contributed by atoms with E-state index >= 15 is 0 Å². The van der Waals surface area contributed by atoms with E-state index in [9.17, 15) is 0 Å². The highest BCUT2D eigenvalue weighted by atomic mass is 35.5. The molecule has 2 aromatic rings. The van der Waals surface area contributed by atoms with Crippen molar-refractivity contribution in [3.05, 3.63) is 64.7 Å². The fourth-order valence-corrected chi connectivity index (χ4v) is 2.50. The molecule has 0 amide bonds. The van der Waals surface area contributed by atoms with Gasteiger partial charge in [0.2, 0.25) is 0 Å². The van der Waals surface area contributed by atoms with Gasteiger partial charge in [-0.15, -0.1) is 0 Å². The first-order valence-electron chi connectivity index (χ1n) is 7.22. The Morgan fingerprint density at radius 1 is 1.05 bits per heavy atom. The fourth-order valence-electron chi connectivity index (χ4n) is 2.34. The number of aryl methyl sites for hydroxylation is 1. The summed E-state index contributed by atoms with van der Waals surface area (Å²) in [5, 5.41) is 0.673. The van der Waals surface area contributed by atoms with Crippen LogP contribution in [-0.2, 0) is 0 Å². The molecule has 2 rings (SSSR count). The van der Waals surface area contributed by atoms with Crippen LogP contribution in [0.4, 0.5) is 0 Å². The summed E-state index contributed by atoms with van der Waals surface area (Å²) in [6.45, 7) is 6.25. The van der Waals surface area contributed by atoms with Crippen LogP contribution in [0.25, 0.3) is 0 Å². The first kappa shape index (κ1) is 15.9. The second-order valence-electron chi connectivity index (χ2n) is 5.67. The molecule has 0 bridgehead atoms. The predicted molar refractivity (Wildman–Crippen MR) is 88.8 cm³/mol. The molecule has 21 heavy (non-hydrogen) atoms. The van der Waals surface area contributed by atoms with Crippen molar-refractivity contribution in [1.29, 1.82) is 0 Å². The van der Waals surface area contributed by atoms with Crippen molar-refractivity contribution >= 4 is 11.6 Å². The number of halogens is 1. The Kier molecular flexibility index (Phi) is 5.27. The molecule has 2 nitrogen and oxygen atoms in total. The second kappa shape index (κ2) is 6.97. The molecular formula is C18H22ClNO. The summed E-state index contributed by atoms with van der Waals surface area (Å²) in [5.41, 5.74) is 8.56. The van der Waals surface area contributed by atoms with Crippen molar-refractivity contribution in [2.75, 3.05) is 0 Å². The van der Waals surface area contributed by atoms with Gasteiger partial charge in [-0.3, -0.25) is 0 Å². The lowest BCUT2D eigenvalue weighted by molar-refractivity contribution is 0.122. The zero-order chi connectivity index (χ0) is 15.4. The zero-order valence-corrected chi connectivity index (χ0v) is 13.5. The third-order valence-electron chi connectivity index (χ3n) is 3.61. The van der Waals surface area contributed by atoms with Crippen LogP contribution in [0.2, 0.25) is 5.02 Å². The normalized spacial score (nSPS) is 14.0. The molecule has 0 fully saturated rings. The van der Waals surface area contributed by atoms with Crippen LogP contribution in [0.5, 0.6) is 5.75 Å². The molecule has 0 radical (unpaired) electrons. The largest absolute Gasteiger partial charge is 0.488 e. The van der Waals surface area contributed by atoms with Crippen molar-refractivity contribution in [2.24, 2.45) is 11.7 Å². The van der Waals surface area contributed by atoms with Crippen LogP contribution in [0, 0.1) is 12.8 Å². The van der Waals surface area contributed by atoms with Gasteiger partial charge >= 0.3 is 0 Å². The molecule has 2 atom stereocenters. The summed E-state index contributed by atoms with van der Waals surface area (Å²) in [4.78, 5) is 0. The molecule has 2 N–H and O–H groups in total. The van der Waals surface area contributed by atoms with E-state index in [0.717, 1.165) is 16.9 Å². The van der Waals surface area contributed by atoms with Gasteiger partial charge in [0.25, 0.3) is 0 Å². The topological polar surface area (TPSA) is 35.2 Å². The van der Waals surface area contributed by atoms with E-state index in [1.165, 1.54) is 0 Å². The molecular weight excluding hydrogens is 282 g/mol. The molecule has 2 aromatic carbocycles. The van der Waals surface area contributed by atoms with Gasteiger partial charge in [0, 0.05) is 5.02 Å². The highest BCUT2D eigenvalue weighted by Gasteiger charge is 2.25. The average Bonchev–Trinajstić information content (AvgIpc) is 2.48. The molecule has 0 saturated carbocycles. The molecule has 0 aliphatic heterocycles. The van der Waals surface area contributed by atoms with E-state index in [1.807, 2.05) is 55.5 Å². The summed E-state index contributed by atoms with van der Waals surface area (Å²) >= 11 is 6.07. The molecule has 3 heteroatoms. The average molecular weight is 304 g/mol. The molecule has 0 aliphatic rings. The summed E-state index contributed by atoms with van der Waals surface area (Å²) in [6, 6.07) is 15.6. The Balaban J connectivity index is 2.25. The third kappa shape index (κ3) is 3.99. The first-order chi connectivity index (χ1) is 9.99. The molecule has 0 spiro atoms. The van der Waals surface area contributed by atoms with Gasteiger partial charge in [0.15, 0.2) is 0 Å². The molecule has 0 saturated heterocycles. The number of rotatable bonds is 5. The maximum absolute atomic E-state index is 6.42. The van der Waals surface area contributed by atoms with Crippen molar-refractivity contribution in [1.82, 2.24) is 0 Å². The minimum Gasteiger partial charge on any atom is -0.488 e. The van der Waals surface area contributed by atoms with Crippen LogP contribution < -0.4 is 10.5 Å². The molecule has 0 heterocycles.